The molecule has 0 aliphatic heterocycles. The zero-order valence-corrected chi connectivity index (χ0v) is 9.30. The quantitative estimate of drug-likeness (QED) is 0.800. The van der Waals surface area contributed by atoms with Crippen LogP contribution in [-0.4, -0.2) is 25.3 Å². The van der Waals surface area contributed by atoms with Crippen LogP contribution < -0.4 is 5.32 Å². The summed E-state index contributed by atoms with van der Waals surface area (Å²) in [6.07, 6.45) is 0. The van der Waals surface area contributed by atoms with Gasteiger partial charge in [-0.05, 0) is 24.7 Å². The number of aliphatic hydroxyl groups is 1. The lowest BCUT2D eigenvalue weighted by atomic mass is 9.83. The summed E-state index contributed by atoms with van der Waals surface area (Å²) in [5, 5.41) is 13.2. The van der Waals surface area contributed by atoms with Crippen molar-refractivity contribution in [2.24, 2.45) is 0 Å². The number of hydrogen-bond acceptors (Lipinski definition) is 2. The minimum atomic E-state index is -0.237. The average Bonchev–Trinajstić information content (AvgIpc) is 2.19. The third-order valence-corrected chi connectivity index (χ3v) is 2.71. The van der Waals surface area contributed by atoms with Gasteiger partial charge in [-0.1, -0.05) is 30.7 Å². The number of likely N-dealkylation sites (N-methyl/N-ethyl adjacent to an activating group) is 1. The molecule has 0 saturated heterocycles. The van der Waals surface area contributed by atoms with Crippen LogP contribution in [0.25, 0.3) is 0 Å². The molecule has 0 bridgehead atoms. The van der Waals surface area contributed by atoms with E-state index in [4.69, 9.17) is 11.6 Å². The van der Waals surface area contributed by atoms with Crippen LogP contribution in [0.15, 0.2) is 24.3 Å². The highest BCUT2D eigenvalue weighted by Crippen LogP contribution is 2.23. The van der Waals surface area contributed by atoms with E-state index in [1.165, 1.54) is 0 Å². The normalized spacial score (nSPS) is 15.1. The van der Waals surface area contributed by atoms with Gasteiger partial charge in [0, 0.05) is 17.0 Å². The number of benzene rings is 1. The van der Waals surface area contributed by atoms with Crippen molar-refractivity contribution in [3.63, 3.8) is 0 Å². The minimum absolute atomic E-state index is 0.121. The highest BCUT2D eigenvalue weighted by molar-refractivity contribution is 6.30. The van der Waals surface area contributed by atoms with E-state index in [1.54, 1.807) is 0 Å². The van der Waals surface area contributed by atoms with Gasteiger partial charge >= 0.3 is 0 Å². The van der Waals surface area contributed by atoms with Crippen molar-refractivity contribution in [2.75, 3.05) is 20.2 Å². The first-order valence-electron chi connectivity index (χ1n) is 4.64. The Morgan fingerprint density at radius 2 is 1.93 bits per heavy atom. The van der Waals surface area contributed by atoms with Gasteiger partial charge in [-0.2, -0.15) is 0 Å². The Labute approximate surface area is 89.9 Å². The van der Waals surface area contributed by atoms with E-state index in [2.05, 4.69) is 5.32 Å². The van der Waals surface area contributed by atoms with E-state index >= 15 is 0 Å². The zero-order valence-electron chi connectivity index (χ0n) is 8.55. The van der Waals surface area contributed by atoms with Gasteiger partial charge in [0.1, 0.15) is 0 Å². The second-order valence-corrected chi connectivity index (χ2v) is 4.19. The van der Waals surface area contributed by atoms with Crippen molar-refractivity contribution in [3.05, 3.63) is 34.9 Å². The third kappa shape index (κ3) is 2.47. The van der Waals surface area contributed by atoms with Crippen LogP contribution >= 0.6 is 11.6 Å². The maximum atomic E-state index is 9.37. The molecule has 0 radical (unpaired) electrons. The van der Waals surface area contributed by atoms with Gasteiger partial charge in [0.15, 0.2) is 0 Å². The smallest absolute Gasteiger partial charge is 0.0537 e. The minimum Gasteiger partial charge on any atom is -0.395 e. The molecule has 1 aromatic rings. The van der Waals surface area contributed by atoms with Crippen molar-refractivity contribution in [2.45, 2.75) is 12.3 Å². The van der Waals surface area contributed by atoms with Crippen LogP contribution in [0, 0.1) is 0 Å². The molecule has 1 atom stereocenters. The molecule has 14 heavy (non-hydrogen) atoms. The van der Waals surface area contributed by atoms with Gasteiger partial charge in [-0.25, -0.2) is 0 Å². The molecule has 1 aromatic carbocycles. The van der Waals surface area contributed by atoms with Crippen LogP contribution in [0.5, 0.6) is 0 Å². The van der Waals surface area contributed by atoms with Crippen molar-refractivity contribution >= 4 is 11.6 Å². The molecule has 2 N–H and O–H groups in total. The predicted molar refractivity (Wildman–Crippen MR) is 59.8 cm³/mol. The summed E-state index contributed by atoms with van der Waals surface area (Å²) in [5.74, 6) is 0. The Hall–Kier alpha value is -0.570. The summed E-state index contributed by atoms with van der Waals surface area (Å²) in [4.78, 5) is 0. The molecule has 0 fully saturated rings. The predicted octanol–water partition coefficient (Wildman–Crippen LogP) is 1.81. The largest absolute Gasteiger partial charge is 0.395 e. The summed E-state index contributed by atoms with van der Waals surface area (Å²) in [7, 11) is 1.88. The molecular weight excluding hydrogens is 198 g/mol. The van der Waals surface area contributed by atoms with Gasteiger partial charge in [0.2, 0.25) is 0 Å². The lowest BCUT2D eigenvalue weighted by molar-refractivity contribution is 0.204. The number of hydrogen-bond donors (Lipinski definition) is 2. The fourth-order valence-electron chi connectivity index (χ4n) is 1.49. The second kappa shape index (κ2) is 4.78. The molecular formula is C11H16ClNO. The molecule has 1 unspecified atom stereocenters. The summed E-state index contributed by atoms with van der Waals surface area (Å²) in [6, 6.07) is 7.60. The first kappa shape index (κ1) is 11.5. The lowest BCUT2D eigenvalue weighted by Gasteiger charge is -2.27. The van der Waals surface area contributed by atoms with Crippen LogP contribution in [0.2, 0.25) is 5.02 Å². The first-order chi connectivity index (χ1) is 6.62. The van der Waals surface area contributed by atoms with Crippen molar-refractivity contribution < 1.29 is 5.11 Å². The lowest BCUT2D eigenvalue weighted by Crippen LogP contribution is -2.37. The third-order valence-electron chi connectivity index (χ3n) is 2.46. The molecule has 0 aromatic heterocycles. The Bertz CT molecular complexity index is 286. The highest BCUT2D eigenvalue weighted by atomic mass is 35.5. The van der Waals surface area contributed by atoms with Crippen molar-refractivity contribution in [1.82, 2.24) is 5.32 Å². The maximum Gasteiger partial charge on any atom is 0.0537 e. The zero-order chi connectivity index (χ0) is 10.6. The molecule has 0 spiro atoms. The number of nitrogens with one attached hydrogen (secondary N) is 1. The highest BCUT2D eigenvalue weighted by Gasteiger charge is 2.24. The molecule has 2 nitrogen and oxygen atoms in total. The van der Waals surface area contributed by atoms with E-state index in [9.17, 15) is 5.11 Å². The second-order valence-electron chi connectivity index (χ2n) is 3.76. The molecule has 0 saturated carbocycles. The molecule has 1 rings (SSSR count). The summed E-state index contributed by atoms with van der Waals surface area (Å²) >= 11 is 5.80. The van der Waals surface area contributed by atoms with Crippen molar-refractivity contribution in [3.8, 4) is 0 Å². The van der Waals surface area contributed by atoms with Crippen LogP contribution in [0.1, 0.15) is 12.5 Å². The Morgan fingerprint density at radius 3 is 2.36 bits per heavy atom. The topological polar surface area (TPSA) is 32.3 Å². The summed E-state index contributed by atoms with van der Waals surface area (Å²) in [6.45, 7) is 2.88. The monoisotopic (exact) mass is 213 g/mol. The van der Waals surface area contributed by atoms with E-state index in [-0.39, 0.29) is 12.0 Å². The fraction of sp³-hybridized carbons (Fsp3) is 0.455. The standard InChI is InChI=1S/C11H16ClNO/c1-11(8-14,7-13-2)9-3-5-10(12)6-4-9/h3-6,13-14H,7-8H2,1-2H3. The molecule has 0 aliphatic carbocycles. The fourth-order valence-corrected chi connectivity index (χ4v) is 1.62. The van der Waals surface area contributed by atoms with Gasteiger partial charge < -0.3 is 10.4 Å². The summed E-state index contributed by atoms with van der Waals surface area (Å²) < 4.78 is 0. The van der Waals surface area contributed by atoms with E-state index in [0.717, 1.165) is 17.1 Å². The molecule has 3 heteroatoms. The van der Waals surface area contributed by atoms with Crippen LogP contribution in [0.4, 0.5) is 0 Å². The first-order valence-corrected chi connectivity index (χ1v) is 5.02. The SMILES string of the molecule is CNCC(C)(CO)c1ccc(Cl)cc1. The Kier molecular flexibility index (Phi) is 3.93. The number of rotatable bonds is 4. The van der Waals surface area contributed by atoms with Crippen molar-refractivity contribution in [1.29, 1.82) is 0 Å². The van der Waals surface area contributed by atoms with E-state index < -0.39 is 0 Å². The summed E-state index contributed by atoms with van der Waals surface area (Å²) in [5.41, 5.74) is 0.859. The number of halogens is 1. The molecule has 78 valence electrons. The van der Waals surface area contributed by atoms with E-state index in [1.807, 2.05) is 38.2 Å². The number of aliphatic hydroxyl groups excluding tert-OH is 1. The van der Waals surface area contributed by atoms with Gasteiger partial charge in [-0.3, -0.25) is 0 Å². The van der Waals surface area contributed by atoms with E-state index in [0.29, 0.717) is 0 Å². The molecule has 0 aliphatic rings. The molecule has 0 heterocycles. The van der Waals surface area contributed by atoms with Gasteiger partial charge in [0.25, 0.3) is 0 Å². The van der Waals surface area contributed by atoms with Gasteiger partial charge in [0.05, 0.1) is 6.61 Å². The van der Waals surface area contributed by atoms with Crippen LogP contribution in [0.3, 0.4) is 0 Å². The molecule has 0 amide bonds. The Morgan fingerprint density at radius 1 is 1.36 bits per heavy atom. The maximum absolute atomic E-state index is 9.37. The Balaban J connectivity index is 2.94. The average molecular weight is 214 g/mol. The van der Waals surface area contributed by atoms with Gasteiger partial charge in [-0.15, -0.1) is 0 Å². The van der Waals surface area contributed by atoms with Crippen LogP contribution in [-0.2, 0) is 5.41 Å².